The van der Waals surface area contributed by atoms with Crippen molar-refractivity contribution in [2.45, 2.75) is 6.18 Å². The molecule has 0 radical (unpaired) electrons. The van der Waals surface area contributed by atoms with Crippen LogP contribution in [0.2, 0.25) is 10.0 Å². The normalized spacial score (nSPS) is 12.4. The van der Waals surface area contributed by atoms with Crippen molar-refractivity contribution < 1.29 is 13.2 Å². The molecular formula is C13H7Cl3F3N3. The summed E-state index contributed by atoms with van der Waals surface area (Å²) in [6.45, 7) is 0. The molecule has 1 aromatic heterocycles. The SMILES string of the molecule is FC(F)(F)c1cnc(N/N=C(/Cl)c2ccc(Cl)cc2)c(Cl)c1. The Morgan fingerprint density at radius 3 is 2.32 bits per heavy atom. The number of pyridine rings is 1. The van der Waals surface area contributed by atoms with Gasteiger partial charge < -0.3 is 0 Å². The van der Waals surface area contributed by atoms with Crippen LogP contribution in [0.4, 0.5) is 19.0 Å². The van der Waals surface area contributed by atoms with E-state index in [1.807, 2.05) is 0 Å². The monoisotopic (exact) mass is 367 g/mol. The van der Waals surface area contributed by atoms with Crippen molar-refractivity contribution in [1.82, 2.24) is 4.98 Å². The highest BCUT2D eigenvalue weighted by molar-refractivity contribution is 6.69. The van der Waals surface area contributed by atoms with Gasteiger partial charge in [-0.2, -0.15) is 18.3 Å². The first-order valence-electron chi connectivity index (χ1n) is 5.75. The van der Waals surface area contributed by atoms with Crippen LogP contribution in [0.1, 0.15) is 11.1 Å². The molecule has 116 valence electrons. The summed E-state index contributed by atoms with van der Waals surface area (Å²) in [5.41, 5.74) is 2.04. The lowest BCUT2D eigenvalue weighted by atomic mass is 10.2. The molecule has 1 heterocycles. The van der Waals surface area contributed by atoms with Crippen LogP contribution in [0, 0.1) is 0 Å². The molecule has 0 bridgehead atoms. The minimum atomic E-state index is -4.51. The zero-order valence-electron chi connectivity index (χ0n) is 10.6. The van der Waals surface area contributed by atoms with E-state index in [1.165, 1.54) is 0 Å². The number of hydrogen-bond acceptors (Lipinski definition) is 3. The van der Waals surface area contributed by atoms with E-state index in [-0.39, 0.29) is 16.0 Å². The Kier molecular flexibility index (Phi) is 5.16. The minimum Gasteiger partial charge on any atom is -0.259 e. The number of halogens is 6. The van der Waals surface area contributed by atoms with E-state index in [9.17, 15) is 13.2 Å². The topological polar surface area (TPSA) is 37.3 Å². The van der Waals surface area contributed by atoms with Gasteiger partial charge in [-0.15, -0.1) is 0 Å². The number of anilines is 1. The van der Waals surface area contributed by atoms with Gasteiger partial charge >= 0.3 is 6.18 Å². The minimum absolute atomic E-state index is 0.0400. The van der Waals surface area contributed by atoms with Crippen LogP contribution in [0.3, 0.4) is 0 Å². The van der Waals surface area contributed by atoms with Gasteiger partial charge in [0, 0.05) is 16.8 Å². The highest BCUT2D eigenvalue weighted by atomic mass is 35.5. The Morgan fingerprint density at radius 2 is 1.77 bits per heavy atom. The van der Waals surface area contributed by atoms with Crippen LogP contribution in [0.25, 0.3) is 0 Å². The first-order chi connectivity index (χ1) is 10.3. The van der Waals surface area contributed by atoms with Gasteiger partial charge in [-0.25, -0.2) is 4.98 Å². The highest BCUT2D eigenvalue weighted by Gasteiger charge is 2.31. The van der Waals surface area contributed by atoms with Gasteiger partial charge in [-0.05, 0) is 18.2 Å². The molecule has 1 N–H and O–H groups in total. The van der Waals surface area contributed by atoms with Crippen molar-refractivity contribution in [2.24, 2.45) is 5.10 Å². The third-order valence-corrected chi connectivity index (χ3v) is 3.35. The third-order valence-electron chi connectivity index (χ3n) is 2.51. The van der Waals surface area contributed by atoms with Crippen molar-refractivity contribution in [3.63, 3.8) is 0 Å². The van der Waals surface area contributed by atoms with Gasteiger partial charge in [-0.1, -0.05) is 46.9 Å². The molecule has 0 unspecified atom stereocenters. The maximum absolute atomic E-state index is 12.5. The Hall–Kier alpha value is -1.50. The molecule has 0 spiro atoms. The summed E-state index contributed by atoms with van der Waals surface area (Å²) in [5.74, 6) is -0.0400. The second-order valence-corrected chi connectivity index (χ2v) is 5.28. The molecule has 0 aliphatic heterocycles. The Bertz CT molecular complexity index is 700. The molecule has 2 aromatic rings. The highest BCUT2D eigenvalue weighted by Crippen LogP contribution is 2.32. The largest absolute Gasteiger partial charge is 0.417 e. The summed E-state index contributed by atoms with van der Waals surface area (Å²) in [7, 11) is 0. The number of rotatable bonds is 3. The number of alkyl halides is 3. The molecule has 22 heavy (non-hydrogen) atoms. The van der Waals surface area contributed by atoms with Gasteiger partial charge in [0.25, 0.3) is 0 Å². The molecular weight excluding hydrogens is 362 g/mol. The lowest BCUT2D eigenvalue weighted by molar-refractivity contribution is -0.137. The lowest BCUT2D eigenvalue weighted by Gasteiger charge is -2.08. The van der Waals surface area contributed by atoms with Crippen LogP contribution in [0.5, 0.6) is 0 Å². The van der Waals surface area contributed by atoms with Crippen LogP contribution in [-0.2, 0) is 6.18 Å². The summed E-state index contributed by atoms with van der Waals surface area (Å²) in [6.07, 6.45) is -3.86. The first kappa shape index (κ1) is 16.9. The second kappa shape index (κ2) is 6.73. The van der Waals surface area contributed by atoms with Crippen molar-refractivity contribution in [3.8, 4) is 0 Å². The van der Waals surface area contributed by atoms with E-state index in [1.54, 1.807) is 24.3 Å². The molecule has 9 heteroatoms. The second-order valence-electron chi connectivity index (χ2n) is 4.07. The average molecular weight is 369 g/mol. The zero-order chi connectivity index (χ0) is 16.3. The van der Waals surface area contributed by atoms with Crippen LogP contribution in [0.15, 0.2) is 41.6 Å². The number of nitrogens with zero attached hydrogens (tertiary/aromatic N) is 2. The fraction of sp³-hybridized carbons (Fsp3) is 0.0769. The van der Waals surface area contributed by atoms with E-state index in [0.717, 1.165) is 6.07 Å². The zero-order valence-corrected chi connectivity index (χ0v) is 12.9. The van der Waals surface area contributed by atoms with E-state index in [0.29, 0.717) is 16.8 Å². The smallest absolute Gasteiger partial charge is 0.259 e. The summed E-state index contributed by atoms with van der Waals surface area (Å²) in [5, 5.41) is 4.20. The molecule has 0 fully saturated rings. The van der Waals surface area contributed by atoms with Crippen molar-refractivity contribution in [3.05, 3.63) is 57.7 Å². The maximum atomic E-state index is 12.5. The summed E-state index contributed by atoms with van der Waals surface area (Å²) in [6, 6.07) is 7.27. The number of hydrogen-bond donors (Lipinski definition) is 1. The van der Waals surface area contributed by atoms with E-state index >= 15 is 0 Å². The van der Waals surface area contributed by atoms with E-state index in [4.69, 9.17) is 34.8 Å². The predicted octanol–water partition coefficient (Wildman–Crippen LogP) is 5.42. The Balaban J connectivity index is 2.17. The van der Waals surface area contributed by atoms with Crippen molar-refractivity contribution in [1.29, 1.82) is 0 Å². The van der Waals surface area contributed by atoms with Crippen molar-refractivity contribution in [2.75, 3.05) is 5.43 Å². The molecule has 0 saturated heterocycles. The van der Waals surface area contributed by atoms with Crippen LogP contribution in [-0.4, -0.2) is 10.2 Å². The molecule has 0 aliphatic carbocycles. The predicted molar refractivity (Wildman–Crippen MR) is 81.7 cm³/mol. The van der Waals surface area contributed by atoms with Gasteiger partial charge in [-0.3, -0.25) is 5.43 Å². The molecule has 0 amide bonds. The summed E-state index contributed by atoms with van der Waals surface area (Å²) in [4.78, 5) is 3.57. The van der Waals surface area contributed by atoms with Gasteiger partial charge in [0.15, 0.2) is 11.0 Å². The Morgan fingerprint density at radius 1 is 1.14 bits per heavy atom. The van der Waals surface area contributed by atoms with E-state index < -0.39 is 11.7 Å². The standard InChI is InChI=1S/C13H7Cl3F3N3/c14-9-3-1-7(2-4-9)11(16)21-22-12-10(15)5-8(6-20-12)13(17,18)19/h1-6H,(H,20,22)/b21-11+. The summed E-state index contributed by atoms with van der Waals surface area (Å²) >= 11 is 17.4. The molecule has 2 rings (SSSR count). The van der Waals surface area contributed by atoms with Gasteiger partial charge in [0.2, 0.25) is 0 Å². The third kappa shape index (κ3) is 4.25. The number of hydrazone groups is 1. The van der Waals surface area contributed by atoms with Gasteiger partial charge in [0.05, 0.1) is 10.6 Å². The van der Waals surface area contributed by atoms with Gasteiger partial charge in [0.1, 0.15) is 0 Å². The van der Waals surface area contributed by atoms with E-state index in [2.05, 4.69) is 15.5 Å². The molecule has 0 saturated carbocycles. The maximum Gasteiger partial charge on any atom is 0.417 e. The lowest BCUT2D eigenvalue weighted by Crippen LogP contribution is -2.07. The van der Waals surface area contributed by atoms with Crippen LogP contribution >= 0.6 is 34.8 Å². The number of nitrogens with one attached hydrogen (secondary N) is 1. The number of aromatic nitrogens is 1. The Labute approximate surface area is 138 Å². The fourth-order valence-electron chi connectivity index (χ4n) is 1.43. The quantitative estimate of drug-likeness (QED) is 0.580. The molecule has 1 aromatic carbocycles. The van der Waals surface area contributed by atoms with Crippen molar-refractivity contribution >= 4 is 45.8 Å². The van der Waals surface area contributed by atoms with Crippen LogP contribution < -0.4 is 5.43 Å². The molecule has 3 nitrogen and oxygen atoms in total. The number of benzene rings is 1. The summed E-state index contributed by atoms with van der Waals surface area (Å²) < 4.78 is 37.5. The molecule has 0 aliphatic rings. The first-order valence-corrected chi connectivity index (χ1v) is 6.88. The fourth-order valence-corrected chi connectivity index (χ4v) is 1.93. The molecule has 0 atom stereocenters. The average Bonchev–Trinajstić information content (AvgIpc) is 2.45.